The van der Waals surface area contributed by atoms with Gasteiger partial charge in [-0.2, -0.15) is 0 Å². The monoisotopic (exact) mass is 283 g/mol. The van der Waals surface area contributed by atoms with E-state index in [1.165, 1.54) is 12.3 Å². The van der Waals surface area contributed by atoms with E-state index in [-0.39, 0.29) is 18.2 Å². The predicted molar refractivity (Wildman–Crippen MR) is 70.3 cm³/mol. The molecule has 0 unspecified atom stereocenters. The molecule has 2 aromatic rings. The molecule has 2 rings (SSSR count). The Bertz CT molecular complexity index is 625. The first-order chi connectivity index (χ1) is 9.05. The van der Waals surface area contributed by atoms with Crippen molar-refractivity contribution in [1.29, 1.82) is 0 Å². The number of rotatable bonds is 6. The van der Waals surface area contributed by atoms with Gasteiger partial charge in [0.15, 0.2) is 5.82 Å². The number of nitrogen functional groups attached to an aromatic ring is 1. The molecule has 0 fully saturated rings. The lowest BCUT2D eigenvalue weighted by Gasteiger charge is -2.07. The topological polar surface area (TPSA) is 107 Å². The number of sulfonamides is 1. The van der Waals surface area contributed by atoms with Crippen molar-refractivity contribution in [3.8, 4) is 5.75 Å². The molecule has 1 aromatic heterocycles. The normalized spacial score (nSPS) is 11.2. The lowest BCUT2D eigenvalue weighted by atomic mass is 10.3. The minimum Gasteiger partial charge on any atom is -0.492 e. The van der Waals surface area contributed by atoms with E-state index < -0.39 is 10.0 Å². The van der Waals surface area contributed by atoms with Crippen LogP contribution in [0.5, 0.6) is 5.75 Å². The quantitative estimate of drug-likeness (QED) is 0.768. The molecule has 0 bridgehead atoms. The molecule has 1 aromatic carbocycles. The second-order valence-corrected chi connectivity index (χ2v) is 5.57. The highest BCUT2D eigenvalue weighted by atomic mass is 32.2. The first-order valence-corrected chi connectivity index (χ1v) is 7.10. The molecule has 8 heteroatoms. The summed E-state index contributed by atoms with van der Waals surface area (Å²) in [6.45, 7) is 0.0106. The maximum Gasteiger partial charge on any atom is 0.237 e. The number of ether oxygens (including phenoxy) is 1. The molecule has 0 aliphatic heterocycles. The molecule has 19 heavy (non-hydrogen) atoms. The van der Waals surface area contributed by atoms with E-state index in [0.717, 1.165) is 0 Å². The van der Waals surface area contributed by atoms with Crippen molar-refractivity contribution in [3.05, 3.63) is 36.6 Å². The second kappa shape index (κ2) is 5.61. The number of aromatic nitrogens is 1. The number of anilines is 2. The lowest BCUT2D eigenvalue weighted by molar-refractivity contribution is 0.341. The van der Waals surface area contributed by atoms with Crippen LogP contribution in [0.1, 0.15) is 0 Å². The number of hydrogen-bond acceptors (Lipinski definition) is 6. The molecule has 0 atom stereocenters. The van der Waals surface area contributed by atoms with Crippen molar-refractivity contribution < 1.29 is 17.7 Å². The molecule has 0 amide bonds. The van der Waals surface area contributed by atoms with Crippen LogP contribution in [0.15, 0.2) is 41.1 Å². The van der Waals surface area contributed by atoms with Gasteiger partial charge in [-0.1, -0.05) is 11.2 Å². The van der Waals surface area contributed by atoms with E-state index in [0.29, 0.717) is 11.4 Å². The van der Waals surface area contributed by atoms with Crippen molar-refractivity contribution >= 4 is 21.5 Å². The average molecular weight is 283 g/mol. The molecule has 102 valence electrons. The second-order valence-electron chi connectivity index (χ2n) is 3.73. The molecule has 0 radical (unpaired) electrons. The van der Waals surface area contributed by atoms with Crippen molar-refractivity contribution in [2.75, 3.05) is 22.8 Å². The average Bonchev–Trinajstić information content (AvgIpc) is 2.80. The van der Waals surface area contributed by atoms with Gasteiger partial charge in [-0.3, -0.25) is 4.72 Å². The van der Waals surface area contributed by atoms with Gasteiger partial charge in [-0.15, -0.1) is 0 Å². The van der Waals surface area contributed by atoms with Crippen LogP contribution in [-0.2, 0) is 10.0 Å². The molecule has 0 saturated heterocycles. The minimum atomic E-state index is -3.51. The van der Waals surface area contributed by atoms with Crippen LogP contribution in [-0.4, -0.2) is 25.9 Å². The summed E-state index contributed by atoms with van der Waals surface area (Å²) in [4.78, 5) is 0. The molecule has 3 N–H and O–H groups in total. The van der Waals surface area contributed by atoms with Crippen molar-refractivity contribution in [1.82, 2.24) is 5.16 Å². The number of nitrogens with one attached hydrogen (secondary N) is 1. The third-order valence-electron chi connectivity index (χ3n) is 2.18. The van der Waals surface area contributed by atoms with Gasteiger partial charge >= 0.3 is 0 Å². The van der Waals surface area contributed by atoms with Gasteiger partial charge in [0, 0.05) is 17.8 Å². The number of nitrogens with two attached hydrogens (primary N) is 1. The van der Waals surface area contributed by atoms with E-state index >= 15 is 0 Å². The Morgan fingerprint density at radius 1 is 1.37 bits per heavy atom. The van der Waals surface area contributed by atoms with Gasteiger partial charge in [0.05, 0.1) is 0 Å². The van der Waals surface area contributed by atoms with Crippen LogP contribution < -0.4 is 15.2 Å². The Balaban J connectivity index is 1.85. The molecular formula is C11H13N3O4S. The lowest BCUT2D eigenvalue weighted by Crippen LogP contribution is -2.21. The molecular weight excluding hydrogens is 270 g/mol. The zero-order valence-electron chi connectivity index (χ0n) is 9.94. The standard InChI is InChI=1S/C11H13N3O4S/c12-9-2-1-3-10(8-9)17-6-7-19(15,16)14-11-4-5-18-13-11/h1-5,8H,6-7,12H2,(H,13,14). The summed E-state index contributed by atoms with van der Waals surface area (Å²) >= 11 is 0. The highest BCUT2D eigenvalue weighted by Gasteiger charge is 2.12. The first kappa shape index (κ1) is 13.2. The largest absolute Gasteiger partial charge is 0.492 e. The van der Waals surface area contributed by atoms with Crippen molar-refractivity contribution in [2.45, 2.75) is 0 Å². The van der Waals surface area contributed by atoms with Crippen LogP contribution in [0.2, 0.25) is 0 Å². The van der Waals surface area contributed by atoms with E-state index in [9.17, 15) is 8.42 Å². The minimum absolute atomic E-state index is 0.0106. The van der Waals surface area contributed by atoms with Crippen LogP contribution in [0.3, 0.4) is 0 Å². The molecule has 0 saturated carbocycles. The third kappa shape index (κ3) is 4.18. The van der Waals surface area contributed by atoms with Crippen LogP contribution in [0.4, 0.5) is 11.5 Å². The van der Waals surface area contributed by atoms with Gasteiger partial charge in [0.25, 0.3) is 0 Å². The Kier molecular flexibility index (Phi) is 3.91. The van der Waals surface area contributed by atoms with E-state index in [1.807, 2.05) is 0 Å². The SMILES string of the molecule is Nc1cccc(OCCS(=O)(=O)Nc2ccon2)c1. The number of nitrogens with zero attached hydrogens (tertiary/aromatic N) is 1. The summed E-state index contributed by atoms with van der Waals surface area (Å²) in [6, 6.07) is 8.19. The van der Waals surface area contributed by atoms with Crippen LogP contribution in [0.25, 0.3) is 0 Å². The van der Waals surface area contributed by atoms with E-state index in [2.05, 4.69) is 14.4 Å². The van der Waals surface area contributed by atoms with Gasteiger partial charge in [0.1, 0.15) is 24.4 Å². The fraction of sp³-hybridized carbons (Fsp3) is 0.182. The Morgan fingerprint density at radius 3 is 2.89 bits per heavy atom. The summed E-state index contributed by atoms with van der Waals surface area (Å²) in [7, 11) is -3.51. The fourth-order valence-corrected chi connectivity index (χ4v) is 2.18. The van der Waals surface area contributed by atoms with Gasteiger partial charge in [0.2, 0.25) is 10.0 Å². The van der Waals surface area contributed by atoms with Crippen LogP contribution in [0, 0.1) is 0 Å². The molecule has 7 nitrogen and oxygen atoms in total. The third-order valence-corrected chi connectivity index (χ3v) is 3.40. The van der Waals surface area contributed by atoms with Crippen LogP contribution >= 0.6 is 0 Å². The predicted octanol–water partition coefficient (Wildman–Crippen LogP) is 1.08. The van der Waals surface area contributed by atoms with E-state index in [4.69, 9.17) is 10.5 Å². The summed E-state index contributed by atoms with van der Waals surface area (Å²) in [5.41, 5.74) is 6.13. The summed E-state index contributed by atoms with van der Waals surface area (Å²) < 4.78 is 35.4. The highest BCUT2D eigenvalue weighted by Crippen LogP contribution is 2.14. The first-order valence-electron chi connectivity index (χ1n) is 5.44. The zero-order chi connectivity index (χ0) is 13.7. The number of hydrogen-bond donors (Lipinski definition) is 2. The molecule has 0 aliphatic rings. The fourth-order valence-electron chi connectivity index (χ4n) is 1.35. The highest BCUT2D eigenvalue weighted by molar-refractivity contribution is 7.92. The van der Waals surface area contributed by atoms with Gasteiger partial charge in [-0.25, -0.2) is 8.42 Å². The Hall–Kier alpha value is -2.22. The summed E-state index contributed by atoms with van der Waals surface area (Å²) in [6.07, 6.45) is 1.28. The smallest absolute Gasteiger partial charge is 0.237 e. The van der Waals surface area contributed by atoms with Gasteiger partial charge < -0.3 is 15.0 Å². The summed E-state index contributed by atoms with van der Waals surface area (Å²) in [5.74, 6) is 0.467. The summed E-state index contributed by atoms with van der Waals surface area (Å²) in [5, 5.41) is 3.46. The Labute approximate surface area is 110 Å². The van der Waals surface area contributed by atoms with Crippen molar-refractivity contribution in [3.63, 3.8) is 0 Å². The zero-order valence-corrected chi connectivity index (χ0v) is 10.8. The molecule has 0 aliphatic carbocycles. The molecule has 1 heterocycles. The molecule has 0 spiro atoms. The van der Waals surface area contributed by atoms with Gasteiger partial charge in [-0.05, 0) is 12.1 Å². The Morgan fingerprint density at radius 2 is 2.21 bits per heavy atom. The van der Waals surface area contributed by atoms with Crippen molar-refractivity contribution in [2.24, 2.45) is 0 Å². The number of benzene rings is 1. The maximum atomic E-state index is 11.7. The maximum absolute atomic E-state index is 11.7. The van der Waals surface area contributed by atoms with E-state index in [1.54, 1.807) is 24.3 Å².